The summed E-state index contributed by atoms with van der Waals surface area (Å²) in [6, 6.07) is 0. The first-order valence-electron chi connectivity index (χ1n) is 4.45. The van der Waals surface area contributed by atoms with Gasteiger partial charge in [0, 0.05) is 24.4 Å². The number of hydrogen-bond donors (Lipinski definition) is 2. The van der Waals surface area contributed by atoms with Gasteiger partial charge in [0.25, 0.3) is 0 Å². The van der Waals surface area contributed by atoms with Crippen LogP contribution in [0.4, 0.5) is 0 Å². The largest absolute Gasteiger partial charge is 0.479 e. The highest BCUT2D eigenvalue weighted by molar-refractivity contribution is 5.75. The van der Waals surface area contributed by atoms with E-state index in [1.807, 2.05) is 0 Å². The van der Waals surface area contributed by atoms with Crippen molar-refractivity contribution in [3.05, 3.63) is 18.2 Å². The average molecular weight is 196 g/mol. The van der Waals surface area contributed by atoms with E-state index in [1.54, 1.807) is 12.5 Å². The van der Waals surface area contributed by atoms with Crippen LogP contribution in [0.15, 0.2) is 12.5 Å². The summed E-state index contributed by atoms with van der Waals surface area (Å²) in [6.07, 6.45) is 4.12. The van der Waals surface area contributed by atoms with Crippen molar-refractivity contribution in [3.8, 4) is 0 Å². The van der Waals surface area contributed by atoms with Gasteiger partial charge in [-0.15, -0.1) is 0 Å². The summed E-state index contributed by atoms with van der Waals surface area (Å²) in [7, 11) is 1.43. The van der Waals surface area contributed by atoms with Gasteiger partial charge in [0.05, 0.1) is 6.33 Å². The Bertz CT molecular complexity index is 330. The molecule has 2 N–H and O–H groups in total. The number of nitrogens with zero attached hydrogens (tertiary/aromatic N) is 1. The van der Waals surface area contributed by atoms with E-state index in [1.165, 1.54) is 7.11 Å². The van der Waals surface area contributed by atoms with Crippen LogP contribution in [0.25, 0.3) is 0 Å². The van der Waals surface area contributed by atoms with Crippen molar-refractivity contribution in [2.24, 2.45) is 0 Å². The molecule has 1 fully saturated rings. The number of carbonyl (C=O) groups is 1. The lowest BCUT2D eigenvalue weighted by molar-refractivity contribution is -0.150. The standard InChI is InChI=1S/C9H12N2O3/c1-14-7(8(12)13)9(2-3-9)6-4-10-5-11-6/h4-5,7H,2-3H2,1H3,(H,10,11)(H,12,13). The van der Waals surface area contributed by atoms with E-state index >= 15 is 0 Å². The third-order valence-corrected chi connectivity index (χ3v) is 2.79. The molecular formula is C9H12N2O3. The number of imidazole rings is 1. The number of hydrogen-bond acceptors (Lipinski definition) is 3. The van der Waals surface area contributed by atoms with Crippen LogP contribution in [-0.4, -0.2) is 34.3 Å². The fourth-order valence-electron chi connectivity index (χ4n) is 1.90. The van der Waals surface area contributed by atoms with Crippen LogP contribution in [0, 0.1) is 0 Å². The van der Waals surface area contributed by atoms with Gasteiger partial charge in [-0.3, -0.25) is 0 Å². The van der Waals surface area contributed by atoms with Crippen LogP contribution in [-0.2, 0) is 14.9 Å². The van der Waals surface area contributed by atoms with Crippen LogP contribution >= 0.6 is 0 Å². The minimum Gasteiger partial charge on any atom is -0.479 e. The first-order valence-corrected chi connectivity index (χ1v) is 4.45. The van der Waals surface area contributed by atoms with Crippen LogP contribution in [0.3, 0.4) is 0 Å². The number of carboxylic acid groups (broad SMARTS) is 1. The predicted molar refractivity (Wildman–Crippen MR) is 47.9 cm³/mol. The number of aromatic amines is 1. The number of carboxylic acids is 1. The molecule has 1 aromatic heterocycles. The molecule has 0 saturated heterocycles. The molecule has 0 amide bonds. The number of aromatic nitrogens is 2. The summed E-state index contributed by atoms with van der Waals surface area (Å²) in [5, 5.41) is 8.99. The lowest BCUT2D eigenvalue weighted by Gasteiger charge is -2.20. The third kappa shape index (κ3) is 1.21. The molecule has 0 spiro atoms. The zero-order valence-corrected chi connectivity index (χ0v) is 7.86. The molecule has 1 saturated carbocycles. The molecule has 0 radical (unpaired) electrons. The molecule has 0 aliphatic heterocycles. The molecule has 1 heterocycles. The second-order valence-electron chi connectivity index (χ2n) is 3.58. The fraction of sp³-hybridized carbons (Fsp3) is 0.556. The van der Waals surface area contributed by atoms with Crippen molar-refractivity contribution in [2.45, 2.75) is 24.4 Å². The van der Waals surface area contributed by atoms with E-state index < -0.39 is 12.1 Å². The van der Waals surface area contributed by atoms with Crippen LogP contribution < -0.4 is 0 Å². The maximum Gasteiger partial charge on any atom is 0.333 e. The zero-order chi connectivity index (χ0) is 10.2. The van der Waals surface area contributed by atoms with Gasteiger partial charge in [0.15, 0.2) is 6.10 Å². The Labute approximate surface area is 81.1 Å². The summed E-state index contributed by atoms with van der Waals surface area (Å²) in [4.78, 5) is 17.8. The van der Waals surface area contributed by atoms with E-state index in [-0.39, 0.29) is 5.41 Å². The molecule has 2 rings (SSSR count). The van der Waals surface area contributed by atoms with Gasteiger partial charge < -0.3 is 14.8 Å². The molecule has 76 valence electrons. The molecule has 0 aromatic carbocycles. The number of aliphatic carboxylic acids is 1. The predicted octanol–water partition coefficient (Wildman–Crippen LogP) is 0.541. The summed E-state index contributed by atoms with van der Waals surface area (Å²) in [5.74, 6) is -0.917. The zero-order valence-electron chi connectivity index (χ0n) is 7.86. The van der Waals surface area contributed by atoms with E-state index in [0.717, 1.165) is 18.5 Å². The van der Waals surface area contributed by atoms with Crippen LogP contribution in [0.5, 0.6) is 0 Å². The summed E-state index contributed by atoms with van der Waals surface area (Å²) in [5.41, 5.74) is 0.476. The molecule has 1 aliphatic rings. The number of H-pyrrole nitrogens is 1. The van der Waals surface area contributed by atoms with Gasteiger partial charge in [-0.1, -0.05) is 0 Å². The molecule has 1 atom stereocenters. The number of rotatable bonds is 4. The molecule has 5 nitrogen and oxygen atoms in total. The highest BCUT2D eigenvalue weighted by Crippen LogP contribution is 2.51. The van der Waals surface area contributed by atoms with Crippen molar-refractivity contribution in [1.29, 1.82) is 0 Å². The van der Waals surface area contributed by atoms with Gasteiger partial charge in [0.1, 0.15) is 0 Å². The van der Waals surface area contributed by atoms with Crippen molar-refractivity contribution < 1.29 is 14.6 Å². The third-order valence-electron chi connectivity index (χ3n) is 2.79. The van der Waals surface area contributed by atoms with E-state index in [4.69, 9.17) is 9.84 Å². The molecule has 1 unspecified atom stereocenters. The van der Waals surface area contributed by atoms with Crippen molar-refractivity contribution in [1.82, 2.24) is 9.97 Å². The minimum atomic E-state index is -0.917. The first kappa shape index (κ1) is 9.21. The monoisotopic (exact) mass is 196 g/mol. The topological polar surface area (TPSA) is 75.2 Å². The van der Waals surface area contributed by atoms with Crippen LogP contribution in [0.2, 0.25) is 0 Å². The number of methoxy groups -OCH3 is 1. The number of ether oxygens (including phenoxy) is 1. The Morgan fingerprint density at radius 3 is 2.86 bits per heavy atom. The van der Waals surface area contributed by atoms with Crippen molar-refractivity contribution >= 4 is 5.97 Å². The maximum absolute atomic E-state index is 11.0. The smallest absolute Gasteiger partial charge is 0.333 e. The first-order chi connectivity index (χ1) is 6.70. The Morgan fingerprint density at radius 2 is 2.50 bits per heavy atom. The Balaban J connectivity index is 2.28. The molecule has 5 heteroatoms. The second kappa shape index (κ2) is 3.09. The highest BCUT2D eigenvalue weighted by Gasteiger charge is 2.55. The minimum absolute atomic E-state index is 0.378. The van der Waals surface area contributed by atoms with Gasteiger partial charge >= 0.3 is 5.97 Å². The molecule has 0 bridgehead atoms. The lowest BCUT2D eigenvalue weighted by atomic mass is 9.95. The van der Waals surface area contributed by atoms with Gasteiger partial charge in [0.2, 0.25) is 0 Å². The summed E-state index contributed by atoms with van der Waals surface area (Å²) >= 11 is 0. The SMILES string of the molecule is COC(C(=O)O)C1(c2cnc[nH]2)CC1. The van der Waals surface area contributed by atoms with E-state index in [9.17, 15) is 4.79 Å². The van der Waals surface area contributed by atoms with Gasteiger partial charge in [-0.25, -0.2) is 9.78 Å². The average Bonchev–Trinajstić information content (AvgIpc) is 2.76. The Morgan fingerprint density at radius 1 is 1.79 bits per heavy atom. The molecule has 1 aliphatic carbocycles. The number of nitrogens with one attached hydrogen (secondary N) is 1. The fourth-order valence-corrected chi connectivity index (χ4v) is 1.90. The second-order valence-corrected chi connectivity index (χ2v) is 3.58. The van der Waals surface area contributed by atoms with Crippen LogP contribution in [0.1, 0.15) is 18.5 Å². The molecule has 1 aromatic rings. The van der Waals surface area contributed by atoms with Gasteiger partial charge in [-0.05, 0) is 12.8 Å². The summed E-state index contributed by atoms with van der Waals surface area (Å²) in [6.45, 7) is 0. The van der Waals surface area contributed by atoms with E-state index in [0.29, 0.717) is 0 Å². The maximum atomic E-state index is 11.0. The Hall–Kier alpha value is -1.36. The molecular weight excluding hydrogens is 184 g/mol. The van der Waals surface area contributed by atoms with Crippen molar-refractivity contribution in [3.63, 3.8) is 0 Å². The lowest BCUT2D eigenvalue weighted by Crippen LogP contribution is -2.36. The normalized spacial score (nSPS) is 20.4. The highest BCUT2D eigenvalue weighted by atomic mass is 16.5. The molecule has 14 heavy (non-hydrogen) atoms. The summed E-state index contributed by atoms with van der Waals surface area (Å²) < 4.78 is 5.02. The Kier molecular flexibility index (Phi) is 2.03. The van der Waals surface area contributed by atoms with E-state index in [2.05, 4.69) is 9.97 Å². The van der Waals surface area contributed by atoms with Crippen molar-refractivity contribution in [2.75, 3.05) is 7.11 Å². The van der Waals surface area contributed by atoms with Gasteiger partial charge in [-0.2, -0.15) is 0 Å². The quantitative estimate of drug-likeness (QED) is 0.737.